The van der Waals surface area contributed by atoms with Gasteiger partial charge in [0.1, 0.15) is 0 Å². The molecule has 1 N–H and O–H groups in total. The van der Waals surface area contributed by atoms with Crippen LogP contribution in [0.3, 0.4) is 0 Å². The molecule has 0 radical (unpaired) electrons. The summed E-state index contributed by atoms with van der Waals surface area (Å²) < 4.78 is 0. The zero-order valence-electron chi connectivity index (χ0n) is 12.9. The Balaban J connectivity index is 1.96. The van der Waals surface area contributed by atoms with E-state index in [2.05, 4.69) is 56.2 Å². The third kappa shape index (κ3) is 3.73. The van der Waals surface area contributed by atoms with Crippen molar-refractivity contribution in [3.8, 4) is 0 Å². The summed E-state index contributed by atoms with van der Waals surface area (Å²) in [5.41, 5.74) is 4.20. The van der Waals surface area contributed by atoms with Crippen LogP contribution in [0, 0.1) is 12.8 Å². The summed E-state index contributed by atoms with van der Waals surface area (Å²) in [5.74, 6) is 0.712. The smallest absolute Gasteiger partial charge is 0.0368 e. The first-order valence-electron chi connectivity index (χ1n) is 7.61. The fourth-order valence-electron chi connectivity index (χ4n) is 2.58. The Morgan fingerprint density at radius 2 is 2.05 bits per heavy atom. The Bertz CT molecular complexity index is 408. The summed E-state index contributed by atoms with van der Waals surface area (Å²) in [6.45, 7) is 8.79. The van der Waals surface area contributed by atoms with E-state index >= 15 is 0 Å². The number of aryl methyl sites for hydroxylation is 1. The van der Waals surface area contributed by atoms with Crippen molar-refractivity contribution >= 4 is 5.69 Å². The standard InChI is InChI=1S/C17H28N2/c1-13(2)11-18-12-15-8-9-17(10-14(15)3)19(4)16-6-5-7-16/h8-10,13,16,18H,5-7,11-12H2,1-4H3. The van der Waals surface area contributed by atoms with Crippen LogP contribution in [0.25, 0.3) is 0 Å². The van der Waals surface area contributed by atoms with Gasteiger partial charge in [0.25, 0.3) is 0 Å². The molecule has 1 aliphatic carbocycles. The van der Waals surface area contributed by atoms with Gasteiger partial charge in [-0.1, -0.05) is 19.9 Å². The van der Waals surface area contributed by atoms with Crippen molar-refractivity contribution in [3.05, 3.63) is 29.3 Å². The monoisotopic (exact) mass is 260 g/mol. The van der Waals surface area contributed by atoms with Gasteiger partial charge in [0, 0.05) is 25.3 Å². The zero-order chi connectivity index (χ0) is 13.8. The highest BCUT2D eigenvalue weighted by molar-refractivity contribution is 5.51. The SMILES string of the molecule is Cc1cc(N(C)C2CCC2)ccc1CNCC(C)C. The summed E-state index contributed by atoms with van der Waals surface area (Å²) in [7, 11) is 2.23. The lowest BCUT2D eigenvalue weighted by Crippen LogP contribution is -2.37. The normalized spacial score (nSPS) is 15.6. The molecule has 2 heteroatoms. The second-order valence-electron chi connectivity index (χ2n) is 6.33. The molecule has 0 aromatic heterocycles. The second-order valence-corrected chi connectivity index (χ2v) is 6.33. The van der Waals surface area contributed by atoms with Crippen LogP contribution in [-0.4, -0.2) is 19.6 Å². The van der Waals surface area contributed by atoms with Gasteiger partial charge in [0.05, 0.1) is 0 Å². The van der Waals surface area contributed by atoms with Crippen molar-refractivity contribution in [2.75, 3.05) is 18.5 Å². The fourth-order valence-corrected chi connectivity index (χ4v) is 2.58. The van der Waals surface area contributed by atoms with Gasteiger partial charge in [-0.15, -0.1) is 0 Å². The van der Waals surface area contributed by atoms with Gasteiger partial charge in [-0.05, 0) is 61.9 Å². The average Bonchev–Trinajstić information content (AvgIpc) is 2.28. The number of hydrogen-bond donors (Lipinski definition) is 1. The number of anilines is 1. The molecule has 1 aromatic rings. The first-order valence-corrected chi connectivity index (χ1v) is 7.61. The highest BCUT2D eigenvalue weighted by atomic mass is 15.1. The van der Waals surface area contributed by atoms with Crippen molar-refractivity contribution in [2.45, 2.75) is 52.6 Å². The molecule has 2 rings (SSSR count). The summed E-state index contributed by atoms with van der Waals surface area (Å²) in [4.78, 5) is 2.45. The number of rotatable bonds is 6. The Kier molecular flexibility index (Phi) is 4.87. The van der Waals surface area contributed by atoms with Gasteiger partial charge < -0.3 is 10.2 Å². The Labute approximate surface area is 118 Å². The number of nitrogens with one attached hydrogen (secondary N) is 1. The minimum Gasteiger partial charge on any atom is -0.372 e. The fraction of sp³-hybridized carbons (Fsp3) is 0.647. The van der Waals surface area contributed by atoms with Gasteiger partial charge in [0.15, 0.2) is 0 Å². The molecule has 0 atom stereocenters. The lowest BCUT2D eigenvalue weighted by Gasteiger charge is -2.36. The van der Waals surface area contributed by atoms with E-state index in [9.17, 15) is 0 Å². The Morgan fingerprint density at radius 1 is 1.32 bits per heavy atom. The van der Waals surface area contributed by atoms with Gasteiger partial charge in [0.2, 0.25) is 0 Å². The van der Waals surface area contributed by atoms with Gasteiger partial charge in [-0.3, -0.25) is 0 Å². The predicted octanol–water partition coefficient (Wildman–Crippen LogP) is 3.73. The summed E-state index contributed by atoms with van der Waals surface area (Å²) >= 11 is 0. The Morgan fingerprint density at radius 3 is 2.58 bits per heavy atom. The molecule has 2 nitrogen and oxygen atoms in total. The van der Waals surface area contributed by atoms with E-state index in [1.54, 1.807) is 0 Å². The van der Waals surface area contributed by atoms with Gasteiger partial charge >= 0.3 is 0 Å². The van der Waals surface area contributed by atoms with Crippen LogP contribution >= 0.6 is 0 Å². The zero-order valence-corrected chi connectivity index (χ0v) is 12.9. The molecule has 0 amide bonds. The maximum Gasteiger partial charge on any atom is 0.0368 e. The molecule has 0 saturated heterocycles. The van der Waals surface area contributed by atoms with Crippen molar-refractivity contribution in [1.82, 2.24) is 5.32 Å². The molecular weight excluding hydrogens is 232 g/mol. The van der Waals surface area contributed by atoms with Crippen LogP contribution in [-0.2, 0) is 6.54 Å². The van der Waals surface area contributed by atoms with Crippen LogP contribution in [0.2, 0.25) is 0 Å². The maximum absolute atomic E-state index is 3.52. The molecule has 0 bridgehead atoms. The molecule has 1 fully saturated rings. The van der Waals surface area contributed by atoms with E-state index in [1.165, 1.54) is 36.1 Å². The van der Waals surface area contributed by atoms with E-state index in [0.29, 0.717) is 5.92 Å². The van der Waals surface area contributed by atoms with Gasteiger partial charge in [-0.2, -0.15) is 0 Å². The largest absolute Gasteiger partial charge is 0.372 e. The predicted molar refractivity (Wildman–Crippen MR) is 83.8 cm³/mol. The van der Waals surface area contributed by atoms with Crippen LogP contribution in [0.4, 0.5) is 5.69 Å². The molecule has 1 saturated carbocycles. The molecule has 0 unspecified atom stereocenters. The van der Waals surface area contributed by atoms with E-state index in [0.717, 1.165) is 19.1 Å². The van der Waals surface area contributed by atoms with Crippen molar-refractivity contribution in [3.63, 3.8) is 0 Å². The van der Waals surface area contributed by atoms with Crippen LogP contribution < -0.4 is 10.2 Å². The number of benzene rings is 1. The van der Waals surface area contributed by atoms with E-state index in [1.807, 2.05) is 0 Å². The molecule has 0 aliphatic heterocycles. The molecule has 0 spiro atoms. The topological polar surface area (TPSA) is 15.3 Å². The maximum atomic E-state index is 3.52. The third-order valence-corrected chi connectivity index (χ3v) is 4.22. The average molecular weight is 260 g/mol. The first kappa shape index (κ1) is 14.4. The van der Waals surface area contributed by atoms with Crippen molar-refractivity contribution in [1.29, 1.82) is 0 Å². The van der Waals surface area contributed by atoms with Gasteiger partial charge in [-0.25, -0.2) is 0 Å². The van der Waals surface area contributed by atoms with E-state index in [-0.39, 0.29) is 0 Å². The first-order chi connectivity index (χ1) is 9.08. The van der Waals surface area contributed by atoms with Crippen LogP contribution in [0.15, 0.2) is 18.2 Å². The molecule has 19 heavy (non-hydrogen) atoms. The lowest BCUT2D eigenvalue weighted by atomic mass is 9.91. The highest BCUT2D eigenvalue weighted by Gasteiger charge is 2.22. The quantitative estimate of drug-likeness (QED) is 0.838. The molecule has 1 aliphatic rings. The van der Waals surface area contributed by atoms with Crippen molar-refractivity contribution in [2.24, 2.45) is 5.92 Å². The molecule has 0 heterocycles. The highest BCUT2D eigenvalue weighted by Crippen LogP contribution is 2.29. The minimum absolute atomic E-state index is 0.712. The Hall–Kier alpha value is -1.02. The molecular formula is C17H28N2. The summed E-state index contributed by atoms with van der Waals surface area (Å²) in [5, 5.41) is 3.52. The van der Waals surface area contributed by atoms with Crippen LogP contribution in [0.1, 0.15) is 44.2 Å². The molecule has 1 aromatic carbocycles. The second kappa shape index (κ2) is 6.42. The summed E-state index contributed by atoms with van der Waals surface area (Å²) in [6, 6.07) is 7.67. The van der Waals surface area contributed by atoms with E-state index < -0.39 is 0 Å². The molecule has 106 valence electrons. The minimum atomic E-state index is 0.712. The third-order valence-electron chi connectivity index (χ3n) is 4.22. The number of hydrogen-bond acceptors (Lipinski definition) is 2. The summed E-state index contributed by atoms with van der Waals surface area (Å²) in [6.07, 6.45) is 4.10. The van der Waals surface area contributed by atoms with Crippen LogP contribution in [0.5, 0.6) is 0 Å². The lowest BCUT2D eigenvalue weighted by molar-refractivity contribution is 0.401. The number of nitrogens with zero attached hydrogens (tertiary/aromatic N) is 1. The van der Waals surface area contributed by atoms with Crippen molar-refractivity contribution < 1.29 is 0 Å². The van der Waals surface area contributed by atoms with E-state index in [4.69, 9.17) is 0 Å².